The van der Waals surface area contributed by atoms with Crippen molar-refractivity contribution in [3.05, 3.63) is 60.2 Å². The first kappa shape index (κ1) is 19.8. The Bertz CT molecular complexity index is 847. The smallest absolute Gasteiger partial charge is 0.326 e. The normalized spacial score (nSPS) is 10.8. The molecule has 0 saturated heterocycles. The van der Waals surface area contributed by atoms with Gasteiger partial charge in [0.25, 0.3) is 0 Å². The molecule has 2 aromatic carbocycles. The second-order valence-corrected chi connectivity index (χ2v) is 5.84. The van der Waals surface area contributed by atoms with E-state index in [-0.39, 0.29) is 12.3 Å². The SMILES string of the molecule is CCc1ccccc1NC(=O)C/C(C)=N\NC(=O)C(=O)Nc1ccccc1. The average molecular weight is 366 g/mol. The zero-order chi connectivity index (χ0) is 19.6. The lowest BCUT2D eigenvalue weighted by molar-refractivity contribution is -0.136. The predicted octanol–water partition coefficient (Wildman–Crippen LogP) is 2.71. The van der Waals surface area contributed by atoms with Crippen molar-refractivity contribution in [1.29, 1.82) is 0 Å². The van der Waals surface area contributed by atoms with Crippen molar-refractivity contribution in [1.82, 2.24) is 5.43 Å². The number of nitrogens with one attached hydrogen (secondary N) is 3. The van der Waals surface area contributed by atoms with Gasteiger partial charge in [0.1, 0.15) is 0 Å². The molecule has 0 saturated carbocycles. The first-order valence-corrected chi connectivity index (χ1v) is 8.57. The Hall–Kier alpha value is -3.48. The molecule has 7 heteroatoms. The molecule has 2 rings (SSSR count). The lowest BCUT2D eigenvalue weighted by Crippen LogP contribution is -2.33. The molecule has 7 nitrogen and oxygen atoms in total. The van der Waals surface area contributed by atoms with Gasteiger partial charge in [-0.2, -0.15) is 5.10 Å². The van der Waals surface area contributed by atoms with E-state index >= 15 is 0 Å². The fourth-order valence-electron chi connectivity index (χ4n) is 2.32. The van der Waals surface area contributed by atoms with E-state index < -0.39 is 11.8 Å². The molecule has 0 aromatic heterocycles. The van der Waals surface area contributed by atoms with Crippen molar-refractivity contribution in [2.45, 2.75) is 26.7 Å². The molecule has 0 heterocycles. The highest BCUT2D eigenvalue weighted by Crippen LogP contribution is 2.15. The molecule has 0 spiro atoms. The summed E-state index contributed by atoms with van der Waals surface area (Å²) in [6, 6.07) is 16.2. The Labute approximate surface area is 157 Å². The van der Waals surface area contributed by atoms with Crippen LogP contribution in [0.3, 0.4) is 0 Å². The van der Waals surface area contributed by atoms with Gasteiger partial charge in [0.2, 0.25) is 5.91 Å². The minimum atomic E-state index is -0.907. The van der Waals surface area contributed by atoms with Gasteiger partial charge in [-0.15, -0.1) is 0 Å². The van der Waals surface area contributed by atoms with Crippen molar-refractivity contribution >= 4 is 34.8 Å². The number of hydrazone groups is 1. The molecule has 2 aromatic rings. The van der Waals surface area contributed by atoms with Gasteiger partial charge in [-0.1, -0.05) is 43.3 Å². The van der Waals surface area contributed by atoms with Crippen LogP contribution in [0, 0.1) is 0 Å². The van der Waals surface area contributed by atoms with Crippen LogP contribution in [0.25, 0.3) is 0 Å². The predicted molar refractivity (Wildman–Crippen MR) is 105 cm³/mol. The zero-order valence-corrected chi connectivity index (χ0v) is 15.3. The Morgan fingerprint density at radius 2 is 1.56 bits per heavy atom. The van der Waals surface area contributed by atoms with Crippen molar-refractivity contribution < 1.29 is 14.4 Å². The van der Waals surface area contributed by atoms with E-state index in [9.17, 15) is 14.4 Å². The minimum Gasteiger partial charge on any atom is -0.326 e. The maximum atomic E-state index is 12.1. The Balaban J connectivity index is 1.85. The fourth-order valence-corrected chi connectivity index (χ4v) is 2.32. The summed E-state index contributed by atoms with van der Waals surface area (Å²) in [7, 11) is 0. The zero-order valence-electron chi connectivity index (χ0n) is 15.3. The number of nitrogens with zero attached hydrogens (tertiary/aromatic N) is 1. The van der Waals surface area contributed by atoms with Gasteiger partial charge in [-0.3, -0.25) is 14.4 Å². The van der Waals surface area contributed by atoms with E-state index in [1.54, 1.807) is 37.3 Å². The second-order valence-electron chi connectivity index (χ2n) is 5.84. The fraction of sp³-hybridized carbons (Fsp3) is 0.200. The number of para-hydroxylation sites is 2. The number of anilines is 2. The van der Waals surface area contributed by atoms with Crippen LogP contribution >= 0.6 is 0 Å². The van der Waals surface area contributed by atoms with Crippen LogP contribution in [-0.4, -0.2) is 23.4 Å². The molecule has 0 radical (unpaired) electrons. The summed E-state index contributed by atoms with van der Waals surface area (Å²) in [6.07, 6.45) is 0.800. The van der Waals surface area contributed by atoms with Crippen LogP contribution in [0.4, 0.5) is 11.4 Å². The summed E-state index contributed by atoms with van der Waals surface area (Å²) in [5.41, 5.74) is 4.82. The highest BCUT2D eigenvalue weighted by atomic mass is 16.2. The van der Waals surface area contributed by atoms with Crippen molar-refractivity contribution in [2.24, 2.45) is 5.10 Å². The first-order valence-electron chi connectivity index (χ1n) is 8.57. The van der Waals surface area contributed by atoms with Crippen LogP contribution in [0.15, 0.2) is 59.7 Å². The number of carbonyl (C=O) groups excluding carboxylic acids is 3. The molecular weight excluding hydrogens is 344 g/mol. The number of hydrogen-bond acceptors (Lipinski definition) is 4. The van der Waals surface area contributed by atoms with E-state index in [0.717, 1.165) is 17.7 Å². The highest BCUT2D eigenvalue weighted by Gasteiger charge is 2.13. The molecule has 140 valence electrons. The maximum Gasteiger partial charge on any atom is 0.329 e. The monoisotopic (exact) mass is 366 g/mol. The van der Waals surface area contributed by atoms with E-state index in [0.29, 0.717) is 11.4 Å². The molecule has 0 fully saturated rings. The van der Waals surface area contributed by atoms with Crippen LogP contribution in [-0.2, 0) is 20.8 Å². The van der Waals surface area contributed by atoms with Crippen LogP contribution in [0.2, 0.25) is 0 Å². The summed E-state index contributed by atoms with van der Waals surface area (Å²) in [5.74, 6) is -1.99. The van der Waals surface area contributed by atoms with Crippen LogP contribution in [0.1, 0.15) is 25.8 Å². The molecule has 0 unspecified atom stereocenters. The first-order chi connectivity index (χ1) is 13.0. The van der Waals surface area contributed by atoms with E-state index in [1.807, 2.05) is 31.2 Å². The summed E-state index contributed by atoms with van der Waals surface area (Å²) in [6.45, 7) is 3.61. The van der Waals surface area contributed by atoms with Crippen molar-refractivity contribution in [3.63, 3.8) is 0 Å². The number of rotatable bonds is 6. The molecule has 0 aliphatic carbocycles. The summed E-state index contributed by atoms with van der Waals surface area (Å²) in [4.78, 5) is 35.7. The third-order valence-electron chi connectivity index (χ3n) is 3.67. The van der Waals surface area contributed by atoms with E-state index in [2.05, 4.69) is 21.2 Å². The van der Waals surface area contributed by atoms with Gasteiger partial charge in [0, 0.05) is 17.1 Å². The summed E-state index contributed by atoms with van der Waals surface area (Å²) >= 11 is 0. The van der Waals surface area contributed by atoms with E-state index in [1.165, 1.54) is 0 Å². The van der Waals surface area contributed by atoms with E-state index in [4.69, 9.17) is 0 Å². The van der Waals surface area contributed by atoms with Gasteiger partial charge >= 0.3 is 11.8 Å². The standard InChI is InChI=1S/C20H22N4O3/c1-3-15-9-7-8-12-17(15)22-18(25)13-14(2)23-24-20(27)19(26)21-16-10-5-4-6-11-16/h4-12H,3,13H2,1-2H3,(H,21,26)(H,22,25)(H,24,27)/b23-14-. The minimum absolute atomic E-state index is 0.00136. The Morgan fingerprint density at radius 1 is 0.889 bits per heavy atom. The number of aryl methyl sites for hydroxylation is 1. The number of amides is 3. The number of benzene rings is 2. The highest BCUT2D eigenvalue weighted by molar-refractivity contribution is 6.39. The van der Waals surface area contributed by atoms with Gasteiger partial charge in [-0.05, 0) is 37.1 Å². The van der Waals surface area contributed by atoms with Crippen LogP contribution < -0.4 is 16.1 Å². The third-order valence-corrected chi connectivity index (χ3v) is 3.67. The quantitative estimate of drug-likeness (QED) is 0.416. The van der Waals surface area contributed by atoms with Gasteiger partial charge in [0.05, 0.1) is 6.42 Å². The molecule has 0 aliphatic heterocycles. The molecule has 3 N–H and O–H groups in total. The number of hydrogen-bond donors (Lipinski definition) is 3. The molecule has 27 heavy (non-hydrogen) atoms. The Kier molecular flexibility index (Phi) is 7.25. The summed E-state index contributed by atoms with van der Waals surface area (Å²) in [5, 5.41) is 9.08. The molecule has 0 atom stereocenters. The molecular formula is C20H22N4O3. The lowest BCUT2D eigenvalue weighted by atomic mass is 10.1. The maximum absolute atomic E-state index is 12.1. The largest absolute Gasteiger partial charge is 0.329 e. The lowest BCUT2D eigenvalue weighted by Gasteiger charge is -2.09. The third kappa shape index (κ3) is 6.39. The van der Waals surface area contributed by atoms with Crippen molar-refractivity contribution in [2.75, 3.05) is 10.6 Å². The topological polar surface area (TPSA) is 99.7 Å². The molecule has 0 aliphatic rings. The summed E-state index contributed by atoms with van der Waals surface area (Å²) < 4.78 is 0. The van der Waals surface area contributed by atoms with Gasteiger partial charge in [0.15, 0.2) is 0 Å². The molecule has 0 bridgehead atoms. The van der Waals surface area contributed by atoms with Gasteiger partial charge in [-0.25, -0.2) is 5.43 Å². The average Bonchev–Trinajstić information content (AvgIpc) is 2.67. The Morgan fingerprint density at radius 3 is 2.26 bits per heavy atom. The van der Waals surface area contributed by atoms with Crippen LogP contribution in [0.5, 0.6) is 0 Å². The van der Waals surface area contributed by atoms with Crippen molar-refractivity contribution in [3.8, 4) is 0 Å². The second kappa shape index (κ2) is 9.86. The molecule has 3 amide bonds. The number of carbonyl (C=O) groups is 3. The van der Waals surface area contributed by atoms with Gasteiger partial charge < -0.3 is 10.6 Å².